The van der Waals surface area contributed by atoms with Gasteiger partial charge in [-0.15, -0.1) is 18.3 Å². The van der Waals surface area contributed by atoms with Crippen molar-refractivity contribution in [1.82, 2.24) is 4.90 Å². The number of carbonyl (C=O) groups is 1. The Kier molecular flexibility index (Phi) is 15.0. The number of fused-ring (bicyclic) bond motifs is 2. The number of amides is 1. The minimum atomic E-state index is -1.39. The number of nitro groups is 1. The van der Waals surface area contributed by atoms with Gasteiger partial charge in [0.15, 0.2) is 0 Å². The minimum Gasteiger partial charge on any atom is -0.459 e. The van der Waals surface area contributed by atoms with Crippen LogP contribution in [0.2, 0.25) is 0 Å². The number of nitrogens with zero attached hydrogens (tertiary/aromatic N) is 3. The van der Waals surface area contributed by atoms with Crippen LogP contribution in [0.15, 0.2) is 107 Å². The first kappa shape index (κ1) is 43.6. The molecule has 3 aromatic rings. The van der Waals surface area contributed by atoms with Crippen molar-refractivity contribution in [3.8, 4) is 17.2 Å². The number of hydrogen-bond donors (Lipinski definition) is 2. The normalized spacial score (nSPS) is 23.8. The molecule has 2 N–H and O–H groups in total. The third-order valence-electron chi connectivity index (χ3n) is 11.6. The van der Waals surface area contributed by atoms with Crippen LogP contribution in [0.25, 0.3) is 6.08 Å². The van der Waals surface area contributed by atoms with E-state index >= 15 is 0 Å². The van der Waals surface area contributed by atoms with Gasteiger partial charge in [-0.05, 0) is 123 Å². The zero-order valence-corrected chi connectivity index (χ0v) is 34.9. The molecule has 13 heteroatoms. The van der Waals surface area contributed by atoms with Crippen LogP contribution in [-0.2, 0) is 14.4 Å². The van der Waals surface area contributed by atoms with Crippen LogP contribution in [0.1, 0.15) is 68.9 Å². The summed E-state index contributed by atoms with van der Waals surface area (Å²) in [7, 11) is 1.73. The summed E-state index contributed by atoms with van der Waals surface area (Å²) in [5.74, 6) is -0.216. The number of oxime groups is 1. The Morgan fingerprint density at radius 3 is 2.42 bits per heavy atom. The summed E-state index contributed by atoms with van der Waals surface area (Å²) in [6.45, 7) is 6.55. The molecule has 1 aliphatic heterocycles. The number of aliphatic hydroxyl groups excluding tert-OH is 2. The maximum absolute atomic E-state index is 14.2. The van der Waals surface area contributed by atoms with Crippen LogP contribution in [-0.4, -0.2) is 83.2 Å². The number of carbonyl (C=O) groups excluding carboxylic acids is 1. The molecule has 0 saturated heterocycles. The molecule has 314 valence electrons. The fourth-order valence-corrected chi connectivity index (χ4v) is 9.27. The van der Waals surface area contributed by atoms with Crippen LogP contribution >= 0.6 is 11.8 Å². The van der Waals surface area contributed by atoms with Crippen LogP contribution in [0.5, 0.6) is 17.2 Å². The Labute approximate surface area is 350 Å². The van der Waals surface area contributed by atoms with Gasteiger partial charge in [-0.3, -0.25) is 14.9 Å². The van der Waals surface area contributed by atoms with E-state index in [9.17, 15) is 25.1 Å². The monoisotopic (exact) mass is 825 g/mol. The van der Waals surface area contributed by atoms with Crippen LogP contribution in [0.3, 0.4) is 0 Å². The van der Waals surface area contributed by atoms with Crippen molar-refractivity contribution in [3.05, 3.63) is 118 Å². The van der Waals surface area contributed by atoms with E-state index in [4.69, 9.17) is 24.2 Å². The van der Waals surface area contributed by atoms with Crippen LogP contribution < -0.4 is 9.47 Å². The van der Waals surface area contributed by atoms with Crippen molar-refractivity contribution >= 4 is 35.1 Å². The fourth-order valence-electron chi connectivity index (χ4n) is 8.86. The Bertz CT molecular complexity index is 2020. The number of non-ortho nitro benzene ring substituents is 1. The van der Waals surface area contributed by atoms with Gasteiger partial charge in [0.2, 0.25) is 11.7 Å². The lowest BCUT2D eigenvalue weighted by atomic mass is 9.55. The lowest BCUT2D eigenvalue weighted by molar-refractivity contribution is -0.384. The first-order valence-corrected chi connectivity index (χ1v) is 21.6. The molecule has 59 heavy (non-hydrogen) atoms. The van der Waals surface area contributed by atoms with E-state index in [0.717, 1.165) is 41.7 Å². The highest BCUT2D eigenvalue weighted by Crippen LogP contribution is 2.62. The van der Waals surface area contributed by atoms with Gasteiger partial charge in [-0.1, -0.05) is 30.1 Å². The fraction of sp³-hybridized carbons (Fsp3) is 0.435. The van der Waals surface area contributed by atoms with Crippen molar-refractivity contribution < 1.29 is 39.0 Å². The molecule has 3 aliphatic rings. The molecule has 0 radical (unpaired) electrons. The van der Waals surface area contributed by atoms with Gasteiger partial charge in [0.05, 0.1) is 23.2 Å². The van der Waals surface area contributed by atoms with Crippen LogP contribution in [0, 0.1) is 27.9 Å². The number of likely N-dealkylation sites (N-methyl/N-ethyl adjacent to an activating group) is 1. The maximum Gasteiger partial charge on any atom is 0.269 e. The predicted octanol–water partition coefficient (Wildman–Crippen LogP) is 8.93. The quantitative estimate of drug-likeness (QED) is 0.0282. The standard InChI is InChI=1S/C46H55N3O9S/c1-5-27-55-46-42(48(3)43(52)24-15-31-13-16-33(17-14-31)49(53)54)30-40(47-56-6-2)38-28-32(11-7-9-25-50)37(12-8-10-26-51)44(45(38)46)39-29-35(20-23-41(39)58-46)57-34-18-21-36(59-4)22-19-34/h5,13-24,28-29,32,37,42,44-45,50-51H,1,6-12,25-27,30H2,2-4H3/t32-,37+,42-,44+,45+,46+/m0/s1. The topological polar surface area (TPSA) is 153 Å². The molecule has 6 atom stereocenters. The number of ether oxygens (including phenoxy) is 3. The summed E-state index contributed by atoms with van der Waals surface area (Å²) < 4.78 is 20.6. The number of benzene rings is 3. The van der Waals surface area contributed by atoms with Crippen molar-refractivity contribution in [3.63, 3.8) is 0 Å². The van der Waals surface area contributed by atoms with Gasteiger partial charge in [-0.25, -0.2) is 0 Å². The zero-order chi connectivity index (χ0) is 41.9. The molecule has 12 nitrogen and oxygen atoms in total. The Balaban J connectivity index is 1.51. The minimum absolute atomic E-state index is 0.0374. The number of allylic oxidation sites excluding steroid dienone is 1. The maximum atomic E-state index is 14.2. The molecular formula is C46H55N3O9S. The van der Waals surface area contributed by atoms with Gasteiger partial charge in [0.25, 0.3) is 5.69 Å². The molecule has 6 rings (SSSR count). The van der Waals surface area contributed by atoms with Gasteiger partial charge in [-0.2, -0.15) is 0 Å². The van der Waals surface area contributed by atoms with Crippen molar-refractivity contribution in [1.29, 1.82) is 0 Å². The third-order valence-corrected chi connectivity index (χ3v) is 12.3. The van der Waals surface area contributed by atoms with Gasteiger partial charge >= 0.3 is 0 Å². The predicted molar refractivity (Wildman–Crippen MR) is 230 cm³/mol. The van der Waals surface area contributed by atoms with E-state index in [1.807, 2.05) is 49.6 Å². The van der Waals surface area contributed by atoms with Crippen molar-refractivity contribution in [2.24, 2.45) is 22.9 Å². The van der Waals surface area contributed by atoms with Gasteiger partial charge < -0.3 is 34.2 Å². The second-order valence-electron chi connectivity index (χ2n) is 15.1. The Hall–Kier alpha value is -4.95. The van der Waals surface area contributed by atoms with E-state index in [2.05, 4.69) is 18.7 Å². The highest BCUT2D eigenvalue weighted by atomic mass is 32.2. The summed E-state index contributed by atoms with van der Waals surface area (Å²) in [6.07, 6.45) is 14.0. The second kappa shape index (κ2) is 20.3. The number of thioether (sulfide) groups is 1. The number of unbranched alkanes of at least 4 members (excludes halogenated alkanes) is 2. The molecule has 3 aromatic carbocycles. The largest absolute Gasteiger partial charge is 0.459 e. The average Bonchev–Trinajstić information content (AvgIpc) is 3.25. The third kappa shape index (κ3) is 9.75. The van der Waals surface area contributed by atoms with Gasteiger partial charge in [0.1, 0.15) is 29.9 Å². The molecule has 1 saturated carbocycles. The number of rotatable bonds is 20. The summed E-state index contributed by atoms with van der Waals surface area (Å²) in [6, 6.07) is 19.2. The summed E-state index contributed by atoms with van der Waals surface area (Å²) in [5.41, 5.74) is 3.21. The molecule has 0 unspecified atom stereocenters. The SMILES string of the molecule is C=CCO[C@@]12Oc3ccc(Oc4ccc(SC)cc4)cc3[C@H]3[C@H](CCCCO)[C@@H](CCCCO)C=C(C(=NOCC)C[C@@H]1N(C)C(=O)C=Cc1ccc([N+](=O)[O-])cc1)[C@H]32. The summed E-state index contributed by atoms with van der Waals surface area (Å²) in [4.78, 5) is 33.6. The molecule has 0 spiro atoms. The van der Waals surface area contributed by atoms with Crippen LogP contribution in [0.4, 0.5) is 5.69 Å². The Morgan fingerprint density at radius 2 is 1.76 bits per heavy atom. The number of hydrogen-bond acceptors (Lipinski definition) is 11. The molecule has 1 heterocycles. The van der Waals surface area contributed by atoms with E-state index in [1.165, 1.54) is 18.2 Å². The molecule has 0 bridgehead atoms. The van der Waals surface area contributed by atoms with E-state index in [0.29, 0.717) is 48.0 Å². The second-order valence-corrected chi connectivity index (χ2v) is 16.0. The number of nitro benzene ring substituents is 1. The molecule has 2 aliphatic carbocycles. The smallest absolute Gasteiger partial charge is 0.269 e. The lowest BCUT2D eigenvalue weighted by Gasteiger charge is -2.59. The van der Waals surface area contributed by atoms with Crippen molar-refractivity contribution in [2.75, 3.05) is 39.7 Å². The highest BCUT2D eigenvalue weighted by Gasteiger charge is 2.65. The molecule has 0 aromatic heterocycles. The average molecular weight is 826 g/mol. The molecule has 1 fully saturated rings. The highest BCUT2D eigenvalue weighted by molar-refractivity contribution is 7.98. The Morgan fingerprint density at radius 1 is 1.05 bits per heavy atom. The number of aliphatic hydroxyl groups is 2. The lowest BCUT2D eigenvalue weighted by Crippen LogP contribution is -2.69. The summed E-state index contributed by atoms with van der Waals surface area (Å²) >= 11 is 1.66. The first-order chi connectivity index (χ1) is 28.7. The van der Waals surface area contributed by atoms with E-state index in [1.54, 1.807) is 48.0 Å². The van der Waals surface area contributed by atoms with Gasteiger partial charge in [0, 0.05) is 61.3 Å². The first-order valence-electron chi connectivity index (χ1n) is 20.4. The zero-order valence-electron chi connectivity index (χ0n) is 34.0. The van der Waals surface area contributed by atoms with E-state index in [-0.39, 0.29) is 55.6 Å². The summed E-state index contributed by atoms with van der Waals surface area (Å²) in [5, 5.41) is 35.6. The van der Waals surface area contributed by atoms with Crippen molar-refractivity contribution in [2.45, 2.75) is 74.5 Å². The molecular weight excluding hydrogens is 771 g/mol. The van der Waals surface area contributed by atoms with E-state index < -0.39 is 22.7 Å². The molecule has 1 amide bonds.